The van der Waals surface area contributed by atoms with Gasteiger partial charge in [-0.3, -0.25) is 9.59 Å². The molecular formula is C9H17NO3. The Kier molecular flexibility index (Phi) is 5.93. The molecule has 0 aliphatic carbocycles. The number of nitrogens with two attached hydrogens (primary N) is 1. The lowest BCUT2D eigenvalue weighted by Gasteiger charge is -2.09. The number of hydrogen-bond donors (Lipinski definition) is 1. The minimum Gasteiger partial charge on any atom is -0.468 e. The number of ether oxygens (including phenoxy) is 1. The third kappa shape index (κ3) is 4.50. The van der Waals surface area contributed by atoms with Crippen molar-refractivity contribution in [3.8, 4) is 0 Å². The van der Waals surface area contributed by atoms with Crippen molar-refractivity contribution in [3.05, 3.63) is 0 Å². The molecule has 2 N–H and O–H groups in total. The Balaban J connectivity index is 3.95. The molecule has 0 aromatic heterocycles. The SMILES string of the molecule is CCCCCC(C(N)=O)C(=O)OC. The summed E-state index contributed by atoms with van der Waals surface area (Å²) in [5, 5.41) is 0. The van der Waals surface area contributed by atoms with Crippen LogP contribution >= 0.6 is 0 Å². The summed E-state index contributed by atoms with van der Waals surface area (Å²) >= 11 is 0. The molecule has 76 valence electrons. The highest BCUT2D eigenvalue weighted by Crippen LogP contribution is 2.10. The Hall–Kier alpha value is -1.06. The fraction of sp³-hybridized carbons (Fsp3) is 0.778. The number of methoxy groups -OCH3 is 1. The molecule has 0 rings (SSSR count). The summed E-state index contributed by atoms with van der Waals surface area (Å²) in [4.78, 5) is 21.8. The van der Waals surface area contributed by atoms with Crippen LogP contribution in [0.15, 0.2) is 0 Å². The van der Waals surface area contributed by atoms with Gasteiger partial charge in [-0.25, -0.2) is 0 Å². The largest absolute Gasteiger partial charge is 0.468 e. The van der Waals surface area contributed by atoms with Gasteiger partial charge in [-0.1, -0.05) is 26.2 Å². The number of unbranched alkanes of at least 4 members (excludes halogenated alkanes) is 2. The van der Waals surface area contributed by atoms with E-state index in [0.29, 0.717) is 6.42 Å². The van der Waals surface area contributed by atoms with Crippen molar-refractivity contribution in [2.45, 2.75) is 32.6 Å². The highest BCUT2D eigenvalue weighted by Gasteiger charge is 2.24. The van der Waals surface area contributed by atoms with Gasteiger partial charge in [-0.2, -0.15) is 0 Å². The zero-order chi connectivity index (χ0) is 10.3. The number of primary amides is 1. The molecule has 0 fully saturated rings. The third-order valence-electron chi connectivity index (χ3n) is 1.93. The summed E-state index contributed by atoms with van der Waals surface area (Å²) in [7, 11) is 1.26. The van der Waals surface area contributed by atoms with E-state index in [1.807, 2.05) is 0 Å². The fourth-order valence-corrected chi connectivity index (χ4v) is 1.12. The lowest BCUT2D eigenvalue weighted by molar-refractivity contribution is -0.149. The number of rotatable bonds is 6. The van der Waals surface area contributed by atoms with Crippen molar-refractivity contribution >= 4 is 11.9 Å². The van der Waals surface area contributed by atoms with E-state index < -0.39 is 17.8 Å². The summed E-state index contributed by atoms with van der Waals surface area (Å²) in [5.74, 6) is -1.89. The zero-order valence-corrected chi connectivity index (χ0v) is 8.21. The van der Waals surface area contributed by atoms with Crippen molar-refractivity contribution in [2.24, 2.45) is 11.7 Å². The van der Waals surface area contributed by atoms with Gasteiger partial charge >= 0.3 is 5.97 Å². The summed E-state index contributed by atoms with van der Waals surface area (Å²) < 4.78 is 4.46. The molecule has 0 heterocycles. The second-order valence-electron chi connectivity index (χ2n) is 2.97. The molecule has 1 unspecified atom stereocenters. The predicted molar refractivity (Wildman–Crippen MR) is 48.8 cm³/mol. The van der Waals surface area contributed by atoms with Crippen molar-refractivity contribution in [1.82, 2.24) is 0 Å². The zero-order valence-electron chi connectivity index (χ0n) is 8.21. The van der Waals surface area contributed by atoms with Gasteiger partial charge in [-0.05, 0) is 6.42 Å². The predicted octanol–water partition coefficient (Wildman–Crippen LogP) is 0.841. The smallest absolute Gasteiger partial charge is 0.318 e. The molecule has 1 atom stereocenters. The first-order valence-electron chi connectivity index (χ1n) is 4.50. The van der Waals surface area contributed by atoms with Crippen molar-refractivity contribution < 1.29 is 14.3 Å². The lowest BCUT2D eigenvalue weighted by atomic mass is 10.0. The molecule has 0 aliphatic heterocycles. The molecular weight excluding hydrogens is 170 g/mol. The molecule has 0 radical (unpaired) electrons. The number of esters is 1. The topological polar surface area (TPSA) is 69.4 Å². The molecule has 0 saturated heterocycles. The second-order valence-corrected chi connectivity index (χ2v) is 2.97. The van der Waals surface area contributed by atoms with Gasteiger partial charge in [0, 0.05) is 0 Å². The van der Waals surface area contributed by atoms with Crippen molar-refractivity contribution in [2.75, 3.05) is 7.11 Å². The molecule has 4 nitrogen and oxygen atoms in total. The molecule has 0 aliphatic rings. The molecule has 0 aromatic carbocycles. The van der Waals surface area contributed by atoms with Gasteiger partial charge < -0.3 is 10.5 Å². The Morgan fingerprint density at radius 2 is 2.00 bits per heavy atom. The van der Waals surface area contributed by atoms with Gasteiger partial charge in [0.2, 0.25) is 5.91 Å². The number of carbonyl (C=O) groups excluding carboxylic acids is 2. The van der Waals surface area contributed by atoms with Crippen LogP contribution in [-0.2, 0) is 14.3 Å². The maximum atomic E-state index is 11.0. The van der Waals surface area contributed by atoms with E-state index in [1.54, 1.807) is 0 Å². The van der Waals surface area contributed by atoms with Crippen LogP contribution in [0, 0.1) is 5.92 Å². The average Bonchev–Trinajstić information content (AvgIpc) is 2.11. The first kappa shape index (κ1) is 11.9. The minimum absolute atomic E-state index is 0.496. The van der Waals surface area contributed by atoms with Gasteiger partial charge in [0.1, 0.15) is 5.92 Å². The quantitative estimate of drug-likeness (QED) is 0.380. The van der Waals surface area contributed by atoms with Crippen LogP contribution in [0.25, 0.3) is 0 Å². The van der Waals surface area contributed by atoms with Gasteiger partial charge in [0.15, 0.2) is 0 Å². The van der Waals surface area contributed by atoms with Gasteiger partial charge in [-0.15, -0.1) is 0 Å². The van der Waals surface area contributed by atoms with Crippen molar-refractivity contribution in [1.29, 1.82) is 0 Å². The molecule has 0 spiro atoms. The lowest BCUT2D eigenvalue weighted by Crippen LogP contribution is -2.31. The molecule has 0 bridgehead atoms. The number of amides is 1. The van der Waals surface area contributed by atoms with Gasteiger partial charge in [0.05, 0.1) is 7.11 Å². The first-order chi connectivity index (χ1) is 6.13. The van der Waals surface area contributed by atoms with Crippen LogP contribution in [0.1, 0.15) is 32.6 Å². The maximum Gasteiger partial charge on any atom is 0.318 e. The summed E-state index contributed by atoms with van der Waals surface area (Å²) in [6, 6.07) is 0. The van der Waals surface area contributed by atoms with E-state index in [1.165, 1.54) is 7.11 Å². The minimum atomic E-state index is -0.767. The van der Waals surface area contributed by atoms with Crippen LogP contribution < -0.4 is 5.73 Å². The van der Waals surface area contributed by atoms with E-state index in [4.69, 9.17) is 5.73 Å². The van der Waals surface area contributed by atoms with Crippen LogP contribution in [0.4, 0.5) is 0 Å². The fourth-order valence-electron chi connectivity index (χ4n) is 1.12. The van der Waals surface area contributed by atoms with E-state index in [9.17, 15) is 9.59 Å². The molecule has 0 saturated carbocycles. The monoisotopic (exact) mass is 187 g/mol. The summed E-state index contributed by atoms with van der Waals surface area (Å²) in [6.45, 7) is 2.05. The summed E-state index contributed by atoms with van der Waals surface area (Å²) in [6.07, 6.45) is 3.38. The van der Waals surface area contributed by atoms with E-state index in [-0.39, 0.29) is 0 Å². The van der Waals surface area contributed by atoms with Crippen molar-refractivity contribution in [3.63, 3.8) is 0 Å². The Morgan fingerprint density at radius 1 is 1.38 bits per heavy atom. The van der Waals surface area contributed by atoms with Crippen LogP contribution in [0.3, 0.4) is 0 Å². The van der Waals surface area contributed by atoms with Crippen LogP contribution in [0.5, 0.6) is 0 Å². The average molecular weight is 187 g/mol. The summed E-state index contributed by atoms with van der Waals surface area (Å²) in [5.41, 5.74) is 5.06. The molecule has 0 aromatic rings. The molecule has 13 heavy (non-hydrogen) atoms. The highest BCUT2D eigenvalue weighted by atomic mass is 16.5. The van der Waals surface area contributed by atoms with Gasteiger partial charge in [0.25, 0.3) is 0 Å². The van der Waals surface area contributed by atoms with Crippen LogP contribution in [-0.4, -0.2) is 19.0 Å². The Labute approximate surface area is 78.4 Å². The van der Waals surface area contributed by atoms with Crippen LogP contribution in [0.2, 0.25) is 0 Å². The highest BCUT2D eigenvalue weighted by molar-refractivity contribution is 5.96. The van der Waals surface area contributed by atoms with E-state index >= 15 is 0 Å². The van der Waals surface area contributed by atoms with E-state index in [2.05, 4.69) is 11.7 Å². The Morgan fingerprint density at radius 3 is 2.38 bits per heavy atom. The Bertz CT molecular complexity index is 180. The third-order valence-corrected chi connectivity index (χ3v) is 1.93. The standard InChI is InChI=1S/C9H17NO3/c1-3-4-5-6-7(8(10)11)9(12)13-2/h7H,3-6H2,1-2H3,(H2,10,11). The molecule has 4 heteroatoms. The molecule has 1 amide bonds. The second kappa shape index (κ2) is 6.46. The first-order valence-corrected chi connectivity index (χ1v) is 4.50. The van der Waals surface area contributed by atoms with E-state index in [0.717, 1.165) is 19.3 Å². The number of carbonyl (C=O) groups is 2. The normalized spacial score (nSPS) is 12.2. The maximum absolute atomic E-state index is 11.0. The number of hydrogen-bond acceptors (Lipinski definition) is 3.